The highest BCUT2D eigenvalue weighted by atomic mass is 32.1. The van der Waals surface area contributed by atoms with Crippen LogP contribution in [0.25, 0.3) is 5.69 Å². The van der Waals surface area contributed by atoms with Crippen molar-refractivity contribution >= 4 is 29.2 Å². The van der Waals surface area contributed by atoms with E-state index in [0.717, 1.165) is 23.4 Å². The van der Waals surface area contributed by atoms with Crippen LogP contribution in [0.2, 0.25) is 0 Å². The number of nitrogens with one attached hydrogen (secondary N) is 1. The zero-order chi connectivity index (χ0) is 26.3. The number of carbonyl (C=O) groups excluding carboxylic acids is 2. The van der Waals surface area contributed by atoms with Gasteiger partial charge in [0.25, 0.3) is 11.8 Å². The number of halogens is 3. The van der Waals surface area contributed by atoms with Crippen molar-refractivity contribution < 1.29 is 22.8 Å². The first kappa shape index (κ1) is 24.7. The van der Waals surface area contributed by atoms with Crippen LogP contribution in [-0.4, -0.2) is 38.6 Å². The van der Waals surface area contributed by atoms with Gasteiger partial charge in [-0.05, 0) is 61.3 Å². The fourth-order valence-corrected chi connectivity index (χ4v) is 5.29. The van der Waals surface area contributed by atoms with Gasteiger partial charge in [-0.3, -0.25) is 14.5 Å². The molecule has 37 heavy (non-hydrogen) atoms. The molecule has 0 saturated carbocycles. The van der Waals surface area contributed by atoms with Crippen molar-refractivity contribution in [1.82, 2.24) is 19.5 Å². The van der Waals surface area contributed by atoms with Crippen LogP contribution in [0, 0.1) is 6.92 Å². The zero-order valence-corrected chi connectivity index (χ0v) is 20.7. The number of aromatic nitrogens is 3. The van der Waals surface area contributed by atoms with E-state index in [1.54, 1.807) is 21.2 Å². The number of rotatable bonds is 5. The number of fused-ring (bicyclic) bond motifs is 1. The van der Waals surface area contributed by atoms with E-state index in [0.29, 0.717) is 23.6 Å². The Bertz CT molecular complexity index is 1450. The average molecular weight is 526 g/mol. The number of anilines is 1. The van der Waals surface area contributed by atoms with Crippen molar-refractivity contribution in [1.29, 1.82) is 0 Å². The summed E-state index contributed by atoms with van der Waals surface area (Å²) in [5.41, 5.74) is 1.77. The highest BCUT2D eigenvalue weighted by molar-refractivity contribution is 7.03. The Morgan fingerprint density at radius 2 is 1.89 bits per heavy atom. The molecule has 0 bridgehead atoms. The van der Waals surface area contributed by atoms with Crippen LogP contribution in [0.4, 0.5) is 19.0 Å². The molecule has 2 aromatic carbocycles. The molecular weight excluding hydrogens is 503 g/mol. The first-order valence-electron chi connectivity index (χ1n) is 11.5. The number of hydrogen-bond donors (Lipinski definition) is 1. The van der Waals surface area contributed by atoms with Gasteiger partial charge in [-0.2, -0.15) is 18.3 Å². The van der Waals surface area contributed by atoms with Crippen LogP contribution in [0.15, 0.2) is 66.2 Å². The Kier molecular flexibility index (Phi) is 6.32. The Labute approximate surface area is 214 Å². The van der Waals surface area contributed by atoms with Gasteiger partial charge in [0.15, 0.2) is 0 Å². The van der Waals surface area contributed by atoms with Crippen molar-refractivity contribution in [2.45, 2.75) is 32.0 Å². The van der Waals surface area contributed by atoms with Crippen molar-refractivity contribution in [3.05, 3.63) is 94.1 Å². The molecule has 2 aromatic heterocycles. The number of amides is 2. The molecule has 0 saturated heterocycles. The van der Waals surface area contributed by atoms with Crippen LogP contribution in [-0.2, 0) is 11.0 Å². The number of para-hydroxylation sites is 1. The molecule has 5 rings (SSSR count). The lowest BCUT2D eigenvalue weighted by Gasteiger charge is -2.38. The van der Waals surface area contributed by atoms with Gasteiger partial charge in [0.2, 0.25) is 0 Å². The van der Waals surface area contributed by atoms with Gasteiger partial charge < -0.3 is 5.32 Å². The molecule has 2 amide bonds. The van der Waals surface area contributed by atoms with E-state index in [1.165, 1.54) is 23.7 Å². The van der Waals surface area contributed by atoms with Gasteiger partial charge >= 0.3 is 6.18 Å². The van der Waals surface area contributed by atoms with Crippen molar-refractivity contribution in [2.24, 2.45) is 0 Å². The Balaban J connectivity index is 1.62. The summed E-state index contributed by atoms with van der Waals surface area (Å²) in [6.45, 7) is 3.95. The topological polar surface area (TPSA) is 80.1 Å². The number of alkyl halides is 3. The normalized spacial score (nSPS) is 17.5. The van der Waals surface area contributed by atoms with Gasteiger partial charge in [-0.15, -0.1) is 0 Å². The molecule has 11 heteroatoms. The first-order chi connectivity index (χ1) is 17.7. The summed E-state index contributed by atoms with van der Waals surface area (Å²) in [6.07, 6.45) is -2.96. The van der Waals surface area contributed by atoms with Crippen LogP contribution < -0.4 is 10.2 Å². The second kappa shape index (κ2) is 9.47. The first-order valence-corrected chi connectivity index (χ1v) is 12.4. The number of hydrogen-bond acceptors (Lipinski definition) is 5. The molecule has 2 unspecified atom stereocenters. The molecule has 0 fully saturated rings. The van der Waals surface area contributed by atoms with Gasteiger partial charge in [0.1, 0.15) is 11.9 Å². The van der Waals surface area contributed by atoms with Crippen LogP contribution in [0.1, 0.15) is 45.6 Å². The third kappa shape index (κ3) is 4.39. The van der Waals surface area contributed by atoms with E-state index < -0.39 is 29.6 Å². The summed E-state index contributed by atoms with van der Waals surface area (Å²) >= 11 is 1.21. The van der Waals surface area contributed by atoms with E-state index in [2.05, 4.69) is 9.69 Å². The molecule has 2 atom stereocenters. The number of benzene rings is 2. The van der Waals surface area contributed by atoms with E-state index in [-0.39, 0.29) is 11.5 Å². The summed E-state index contributed by atoms with van der Waals surface area (Å²) in [5.74, 6) is -1.19. The molecule has 3 heterocycles. The average Bonchev–Trinajstić information content (AvgIpc) is 3.53. The Morgan fingerprint density at radius 3 is 2.54 bits per heavy atom. The SMILES string of the molecule is CCN1C(=O)C(NC(=O)c2cccc(C(F)(F)F)c2)C(c2cnsc2)c2c(C)nn(-c3ccccc3)c21. The molecule has 0 aliphatic carbocycles. The van der Waals surface area contributed by atoms with Gasteiger partial charge in [0.05, 0.1) is 16.9 Å². The highest BCUT2D eigenvalue weighted by Crippen LogP contribution is 2.43. The van der Waals surface area contributed by atoms with Gasteiger partial charge in [0, 0.05) is 35.2 Å². The molecule has 1 N–H and O–H groups in total. The predicted octanol–water partition coefficient (Wildman–Crippen LogP) is 4.95. The third-order valence-corrected chi connectivity index (χ3v) is 6.98. The largest absolute Gasteiger partial charge is 0.416 e. The van der Waals surface area contributed by atoms with E-state index in [1.807, 2.05) is 44.2 Å². The van der Waals surface area contributed by atoms with Crippen molar-refractivity contribution in [3.8, 4) is 5.69 Å². The molecule has 4 aromatic rings. The summed E-state index contributed by atoms with van der Waals surface area (Å²) < 4.78 is 45.6. The molecular formula is C26H22F3N5O2S. The van der Waals surface area contributed by atoms with Crippen LogP contribution >= 0.6 is 11.5 Å². The third-order valence-electron chi connectivity index (χ3n) is 6.38. The Morgan fingerprint density at radius 1 is 1.14 bits per heavy atom. The fraction of sp³-hybridized carbons (Fsp3) is 0.231. The maximum atomic E-state index is 13.9. The summed E-state index contributed by atoms with van der Waals surface area (Å²) in [7, 11) is 0. The van der Waals surface area contributed by atoms with Crippen LogP contribution in [0.5, 0.6) is 0 Å². The second-order valence-electron chi connectivity index (χ2n) is 8.62. The highest BCUT2D eigenvalue weighted by Gasteiger charge is 2.46. The minimum absolute atomic E-state index is 0.185. The predicted molar refractivity (Wildman–Crippen MR) is 133 cm³/mol. The van der Waals surface area contributed by atoms with Crippen LogP contribution in [0.3, 0.4) is 0 Å². The summed E-state index contributed by atoms with van der Waals surface area (Å²) in [5, 5.41) is 9.26. The van der Waals surface area contributed by atoms with E-state index in [4.69, 9.17) is 5.10 Å². The van der Waals surface area contributed by atoms with E-state index in [9.17, 15) is 22.8 Å². The number of aryl methyl sites for hydroxylation is 1. The summed E-state index contributed by atoms with van der Waals surface area (Å²) in [6, 6.07) is 12.5. The molecule has 7 nitrogen and oxygen atoms in total. The van der Waals surface area contributed by atoms with E-state index >= 15 is 0 Å². The molecule has 0 radical (unpaired) electrons. The lowest BCUT2D eigenvalue weighted by molar-refractivity contribution is -0.137. The quantitative estimate of drug-likeness (QED) is 0.400. The number of nitrogens with zero attached hydrogens (tertiary/aromatic N) is 4. The van der Waals surface area contributed by atoms with Gasteiger partial charge in [-0.25, -0.2) is 9.06 Å². The maximum absolute atomic E-state index is 13.9. The lowest BCUT2D eigenvalue weighted by Crippen LogP contribution is -2.55. The van der Waals surface area contributed by atoms with Gasteiger partial charge in [-0.1, -0.05) is 24.3 Å². The maximum Gasteiger partial charge on any atom is 0.416 e. The monoisotopic (exact) mass is 525 g/mol. The minimum Gasteiger partial charge on any atom is -0.339 e. The molecule has 190 valence electrons. The lowest BCUT2D eigenvalue weighted by atomic mass is 9.82. The molecule has 1 aliphatic rings. The number of likely N-dealkylation sites (N-methyl/N-ethyl adjacent to an activating group) is 1. The zero-order valence-electron chi connectivity index (χ0n) is 19.9. The Hall–Kier alpha value is -3.99. The molecule has 0 spiro atoms. The summed E-state index contributed by atoms with van der Waals surface area (Å²) in [4.78, 5) is 28.6. The van der Waals surface area contributed by atoms with Crippen molar-refractivity contribution in [3.63, 3.8) is 0 Å². The minimum atomic E-state index is -4.60. The fourth-order valence-electron chi connectivity index (χ4n) is 4.72. The standard InChI is InChI=1S/C26H22F3N5O2S/c1-3-33-24-20(15(2)32-34(24)19-10-5-4-6-11-19)21(17-13-30-37-14-17)22(25(33)36)31-23(35)16-8-7-9-18(12-16)26(27,28)29/h4-14,21-22H,3H2,1-2H3,(H,31,35). The van der Waals surface area contributed by atoms with Crippen molar-refractivity contribution in [2.75, 3.05) is 11.4 Å². The second-order valence-corrected chi connectivity index (χ2v) is 9.28. The smallest absolute Gasteiger partial charge is 0.339 e. The number of carbonyl (C=O) groups is 2. The molecule has 1 aliphatic heterocycles.